The van der Waals surface area contributed by atoms with Crippen LogP contribution >= 0.6 is 0 Å². The van der Waals surface area contributed by atoms with Crippen LogP contribution in [0.4, 0.5) is 14.4 Å². The van der Waals surface area contributed by atoms with E-state index in [2.05, 4.69) is 0 Å². The number of hydrogen-bond donors (Lipinski definition) is 0. The first-order valence-electron chi connectivity index (χ1n) is 1.84. The van der Waals surface area contributed by atoms with E-state index in [9.17, 15) is 0 Å². The van der Waals surface area contributed by atoms with Crippen LogP contribution in [0.25, 0.3) is 0 Å². The summed E-state index contributed by atoms with van der Waals surface area (Å²) in [6.07, 6.45) is -7.00. The summed E-state index contributed by atoms with van der Waals surface area (Å²) in [6, 6.07) is 0. The molecule has 0 saturated heterocycles. The zero-order chi connectivity index (χ0) is 10.7. The van der Waals surface area contributed by atoms with E-state index < -0.39 is 18.5 Å². The molecule has 0 bridgehead atoms. The molecule has 0 rings (SSSR count). The van der Waals surface area contributed by atoms with Crippen molar-refractivity contribution in [3.8, 4) is 0 Å². The van der Waals surface area contributed by atoms with Gasteiger partial charge in [-0.15, -0.1) is 0 Å². The van der Waals surface area contributed by atoms with Crippen molar-refractivity contribution >= 4 is 18.5 Å². The Kier molecular flexibility index (Phi) is 29.2. The molecule has 0 fully saturated rings. The minimum Gasteiger partial charge on any atom is -0.652 e. The van der Waals surface area contributed by atoms with Gasteiger partial charge in [-0.1, -0.05) is 0 Å². The fourth-order valence-corrected chi connectivity index (χ4v) is 0. The van der Waals surface area contributed by atoms with Crippen molar-refractivity contribution < 1.29 is 66.1 Å². The Morgan fingerprint density at radius 1 is 0.538 bits per heavy atom. The normalized spacial score (nSPS) is 5.54. The van der Waals surface area contributed by atoms with E-state index in [-0.39, 0.29) is 21.1 Å². The fraction of sp³-hybridized carbons (Fsp3) is 0. The van der Waals surface area contributed by atoms with Crippen molar-refractivity contribution in [2.24, 2.45) is 0 Å². The molecule has 0 aliphatic rings. The molecule has 13 heavy (non-hydrogen) atoms. The van der Waals surface area contributed by atoms with Gasteiger partial charge >= 0.3 is 0 Å². The Labute approximate surface area is 85.1 Å². The van der Waals surface area contributed by atoms with Crippen molar-refractivity contribution in [2.75, 3.05) is 0 Å². The summed E-state index contributed by atoms with van der Waals surface area (Å²) >= 11 is 0. The molecule has 0 N–H and O–H groups in total. The maximum atomic E-state index is 8.33. The molecule has 0 unspecified atom stereocenters. The molecular formula is C3MoO9-6. The standard InChI is InChI=1S/3CH2O3.Mo/c3*2-1(3)4;/h3*(H2,2,3,4);/p-6. The van der Waals surface area contributed by atoms with Gasteiger partial charge in [0, 0.05) is 21.1 Å². The van der Waals surface area contributed by atoms with Gasteiger partial charge in [-0.05, 0) is 18.5 Å². The topological polar surface area (TPSA) is 190 Å². The van der Waals surface area contributed by atoms with Crippen LogP contribution in [0.1, 0.15) is 0 Å². The monoisotopic (exact) mass is 278 g/mol. The van der Waals surface area contributed by atoms with Crippen molar-refractivity contribution in [3.05, 3.63) is 0 Å². The summed E-state index contributed by atoms with van der Waals surface area (Å²) in [5, 5.41) is 50.0. The van der Waals surface area contributed by atoms with Crippen molar-refractivity contribution in [2.45, 2.75) is 0 Å². The average molecular weight is 276 g/mol. The molecule has 0 aromatic carbocycles. The SMILES string of the molecule is O=C([O-])[O-].O=C([O-])[O-].O=C([O-])[O-].[Mo]. The molecule has 0 aromatic heterocycles. The number of carbonyl (C=O) groups excluding carboxylic acids is 3. The molecule has 0 atom stereocenters. The summed E-state index contributed by atoms with van der Waals surface area (Å²) in [5.74, 6) is 0. The fourth-order valence-electron chi connectivity index (χ4n) is 0. The van der Waals surface area contributed by atoms with Gasteiger partial charge in [0.2, 0.25) is 0 Å². The molecular weight excluding hydrogens is 276 g/mol. The molecule has 78 valence electrons. The molecule has 9 nitrogen and oxygen atoms in total. The molecule has 10 heteroatoms. The quantitative estimate of drug-likeness (QED) is 0.386. The van der Waals surface area contributed by atoms with Crippen LogP contribution in [0.5, 0.6) is 0 Å². The summed E-state index contributed by atoms with van der Waals surface area (Å²) in [6.45, 7) is 0. The Hall–Kier alpha value is -1.50. The van der Waals surface area contributed by atoms with E-state index in [0.717, 1.165) is 0 Å². The molecule has 0 aliphatic carbocycles. The van der Waals surface area contributed by atoms with Gasteiger partial charge < -0.3 is 45.0 Å². The number of rotatable bonds is 0. The van der Waals surface area contributed by atoms with Gasteiger partial charge in [0.05, 0.1) is 0 Å². The van der Waals surface area contributed by atoms with E-state index >= 15 is 0 Å². The van der Waals surface area contributed by atoms with Gasteiger partial charge in [-0.3, -0.25) is 0 Å². The molecule has 0 spiro atoms. The van der Waals surface area contributed by atoms with Gasteiger partial charge in [-0.25, -0.2) is 0 Å². The first kappa shape index (κ1) is 22.5. The third-order valence-corrected chi connectivity index (χ3v) is 0. The van der Waals surface area contributed by atoms with Crippen molar-refractivity contribution in [1.29, 1.82) is 0 Å². The average Bonchev–Trinajstić information content (AvgIpc) is 1.54. The summed E-state index contributed by atoms with van der Waals surface area (Å²) in [7, 11) is 0. The van der Waals surface area contributed by atoms with Crippen LogP contribution in [-0.2, 0) is 21.1 Å². The van der Waals surface area contributed by atoms with Crippen LogP contribution in [0, 0.1) is 0 Å². The second kappa shape index (κ2) is 16.8. The van der Waals surface area contributed by atoms with Crippen molar-refractivity contribution in [3.63, 3.8) is 0 Å². The summed E-state index contributed by atoms with van der Waals surface area (Å²) < 4.78 is 0. The van der Waals surface area contributed by atoms with E-state index in [1.807, 2.05) is 0 Å². The van der Waals surface area contributed by atoms with Gasteiger partial charge in [0.25, 0.3) is 0 Å². The Morgan fingerprint density at radius 2 is 0.538 bits per heavy atom. The second-order valence-electron chi connectivity index (χ2n) is 0.750. The third kappa shape index (κ3) is 336. The minimum absolute atomic E-state index is 0. The minimum atomic E-state index is -2.33. The van der Waals surface area contributed by atoms with E-state index in [1.54, 1.807) is 0 Å². The Bertz CT molecular complexity index is 112. The molecule has 0 aromatic rings. The number of carbonyl (C=O) groups is 3. The second-order valence-corrected chi connectivity index (χ2v) is 0.750. The van der Waals surface area contributed by atoms with E-state index in [4.69, 9.17) is 45.0 Å². The smallest absolute Gasteiger partial charge is 0 e. The largest absolute Gasteiger partial charge is 0.652 e. The third-order valence-electron chi connectivity index (χ3n) is 0. The zero-order valence-corrected chi connectivity index (χ0v) is 7.59. The van der Waals surface area contributed by atoms with E-state index in [0.29, 0.717) is 0 Å². The number of hydrogen-bond acceptors (Lipinski definition) is 9. The van der Waals surface area contributed by atoms with Gasteiger partial charge in [0.15, 0.2) is 0 Å². The molecule has 0 heterocycles. The molecule has 0 saturated carbocycles. The Balaban J connectivity index is -0.0000000450. The van der Waals surface area contributed by atoms with E-state index in [1.165, 1.54) is 0 Å². The van der Waals surface area contributed by atoms with Gasteiger partial charge in [-0.2, -0.15) is 0 Å². The van der Waals surface area contributed by atoms with Crippen LogP contribution in [-0.4, -0.2) is 18.5 Å². The molecule has 0 amide bonds. The Morgan fingerprint density at radius 3 is 0.538 bits per heavy atom. The predicted molar refractivity (Wildman–Crippen MR) is 16.2 cm³/mol. The van der Waals surface area contributed by atoms with Crippen LogP contribution < -0.4 is 30.6 Å². The first-order chi connectivity index (χ1) is 5.20. The molecule has 0 aliphatic heterocycles. The maximum absolute atomic E-state index is 8.33. The maximum Gasteiger partial charge on any atom is 0 e. The summed E-state index contributed by atoms with van der Waals surface area (Å²) in [5.41, 5.74) is 0. The van der Waals surface area contributed by atoms with Crippen LogP contribution in [0.3, 0.4) is 0 Å². The van der Waals surface area contributed by atoms with Crippen molar-refractivity contribution in [1.82, 2.24) is 0 Å². The summed E-state index contributed by atoms with van der Waals surface area (Å²) in [4.78, 5) is 25.0. The zero-order valence-electron chi connectivity index (χ0n) is 5.58. The molecule has 0 radical (unpaired) electrons. The van der Waals surface area contributed by atoms with Gasteiger partial charge in [0.1, 0.15) is 0 Å². The predicted octanol–water partition coefficient (Wildman–Crippen LogP) is -7.34. The first-order valence-corrected chi connectivity index (χ1v) is 1.84. The van der Waals surface area contributed by atoms with Crippen LogP contribution in [0.15, 0.2) is 0 Å². The van der Waals surface area contributed by atoms with Crippen LogP contribution in [0.2, 0.25) is 0 Å². The number of carboxylic acid groups (broad SMARTS) is 6.